The molecule has 2 N–H and O–H groups in total. The molecule has 0 radical (unpaired) electrons. The number of sulfone groups is 1. The zero-order valence-electron chi connectivity index (χ0n) is 9.07. The fourth-order valence-corrected chi connectivity index (χ4v) is 2.09. The minimum atomic E-state index is -3.61. The van der Waals surface area contributed by atoms with Crippen LogP contribution in [0.2, 0.25) is 0 Å². The van der Waals surface area contributed by atoms with Crippen LogP contribution in [0.4, 0.5) is 4.39 Å². The summed E-state index contributed by atoms with van der Waals surface area (Å²) < 4.78 is 35.7. The van der Waals surface area contributed by atoms with Gasteiger partial charge in [-0.25, -0.2) is 12.8 Å². The van der Waals surface area contributed by atoms with Gasteiger partial charge in [0.15, 0.2) is 9.84 Å². The van der Waals surface area contributed by atoms with Crippen LogP contribution in [-0.4, -0.2) is 33.4 Å². The Morgan fingerprint density at radius 3 is 2.62 bits per heavy atom. The summed E-state index contributed by atoms with van der Waals surface area (Å²) in [4.78, 5) is -0.389. The van der Waals surface area contributed by atoms with Crippen molar-refractivity contribution >= 4 is 9.84 Å². The van der Waals surface area contributed by atoms with Crippen molar-refractivity contribution in [3.8, 4) is 0 Å². The number of hydrogen-bond acceptors (Lipinski definition) is 4. The summed E-state index contributed by atoms with van der Waals surface area (Å²) in [5.74, 6) is -0.803. The van der Waals surface area contributed by atoms with E-state index >= 15 is 0 Å². The zero-order chi connectivity index (χ0) is 12.3. The third kappa shape index (κ3) is 3.01. The van der Waals surface area contributed by atoms with Crippen LogP contribution in [0.25, 0.3) is 0 Å². The molecule has 0 aliphatic heterocycles. The molecule has 1 rings (SSSR count). The van der Waals surface area contributed by atoms with E-state index in [9.17, 15) is 17.9 Å². The molecule has 1 atom stereocenters. The van der Waals surface area contributed by atoms with Gasteiger partial charge < -0.3 is 10.4 Å². The molecule has 1 unspecified atom stereocenters. The first-order valence-electron chi connectivity index (χ1n) is 4.68. The molecule has 0 aromatic heterocycles. The van der Waals surface area contributed by atoms with E-state index in [1.165, 1.54) is 6.07 Å². The molecule has 1 aromatic carbocycles. The molecule has 0 aliphatic carbocycles. The number of benzene rings is 1. The molecule has 0 spiro atoms. The third-order valence-electron chi connectivity index (χ3n) is 2.14. The van der Waals surface area contributed by atoms with Crippen molar-refractivity contribution in [2.24, 2.45) is 0 Å². The molecule has 0 saturated heterocycles. The molecule has 6 heteroatoms. The summed E-state index contributed by atoms with van der Waals surface area (Å²) >= 11 is 0. The molecular weight excluding hydrogens is 233 g/mol. The van der Waals surface area contributed by atoms with E-state index in [0.717, 1.165) is 18.4 Å². The summed E-state index contributed by atoms with van der Waals surface area (Å²) in [6.45, 7) is 0.273. The number of halogens is 1. The Morgan fingerprint density at radius 1 is 1.50 bits per heavy atom. The monoisotopic (exact) mass is 247 g/mol. The summed E-state index contributed by atoms with van der Waals surface area (Å²) in [5, 5.41) is 12.4. The predicted octanol–water partition coefficient (Wildman–Crippen LogP) is 0.482. The van der Waals surface area contributed by atoms with Crippen LogP contribution in [0.15, 0.2) is 23.1 Å². The summed E-state index contributed by atoms with van der Waals surface area (Å²) in [6, 6.07) is 3.57. The van der Waals surface area contributed by atoms with Gasteiger partial charge in [0.05, 0.1) is 6.10 Å². The van der Waals surface area contributed by atoms with Crippen molar-refractivity contribution in [1.82, 2.24) is 5.32 Å². The second-order valence-electron chi connectivity index (χ2n) is 3.54. The number of nitrogens with one attached hydrogen (secondary N) is 1. The average Bonchev–Trinajstić information content (AvgIpc) is 2.16. The molecule has 90 valence electrons. The fraction of sp³-hybridized carbons (Fsp3) is 0.400. The number of hydrogen-bond donors (Lipinski definition) is 2. The van der Waals surface area contributed by atoms with Crippen LogP contribution in [-0.2, 0) is 9.84 Å². The number of likely N-dealkylation sites (N-methyl/N-ethyl adjacent to an activating group) is 1. The van der Waals surface area contributed by atoms with E-state index < -0.39 is 21.8 Å². The van der Waals surface area contributed by atoms with Gasteiger partial charge >= 0.3 is 0 Å². The lowest BCUT2D eigenvalue weighted by Gasteiger charge is -2.11. The van der Waals surface area contributed by atoms with Gasteiger partial charge in [-0.05, 0) is 24.7 Å². The lowest BCUT2D eigenvalue weighted by molar-refractivity contribution is 0.177. The third-order valence-corrected chi connectivity index (χ3v) is 3.25. The van der Waals surface area contributed by atoms with Crippen LogP contribution in [0.3, 0.4) is 0 Å². The molecule has 0 aliphatic rings. The van der Waals surface area contributed by atoms with Gasteiger partial charge in [-0.2, -0.15) is 0 Å². The molecule has 0 fully saturated rings. The topological polar surface area (TPSA) is 66.4 Å². The maximum Gasteiger partial charge on any atom is 0.178 e. The Kier molecular flexibility index (Phi) is 4.01. The number of aliphatic hydroxyl groups excluding tert-OH is 1. The Balaban J connectivity index is 3.18. The van der Waals surface area contributed by atoms with Crippen LogP contribution in [0.5, 0.6) is 0 Å². The first-order valence-corrected chi connectivity index (χ1v) is 6.57. The summed E-state index contributed by atoms with van der Waals surface area (Å²) in [6.07, 6.45) is 0.0747. The second kappa shape index (κ2) is 4.90. The van der Waals surface area contributed by atoms with E-state index in [4.69, 9.17) is 0 Å². The highest BCUT2D eigenvalue weighted by Gasteiger charge is 2.16. The highest BCUT2D eigenvalue weighted by atomic mass is 32.2. The van der Waals surface area contributed by atoms with Crippen molar-refractivity contribution in [2.75, 3.05) is 19.8 Å². The maximum absolute atomic E-state index is 13.2. The fourth-order valence-electron chi connectivity index (χ4n) is 1.32. The highest BCUT2D eigenvalue weighted by molar-refractivity contribution is 7.90. The average molecular weight is 247 g/mol. The Hall–Kier alpha value is -0.980. The number of aliphatic hydroxyl groups is 1. The normalized spacial score (nSPS) is 13.8. The summed E-state index contributed by atoms with van der Waals surface area (Å²) in [5.41, 5.74) is 0.371. The minimum absolute atomic E-state index is 0.273. The van der Waals surface area contributed by atoms with E-state index in [1.807, 2.05) is 0 Å². The Labute approximate surface area is 94.0 Å². The van der Waals surface area contributed by atoms with Gasteiger partial charge in [-0.15, -0.1) is 0 Å². The zero-order valence-corrected chi connectivity index (χ0v) is 9.88. The van der Waals surface area contributed by atoms with E-state index in [2.05, 4.69) is 5.32 Å². The molecule has 16 heavy (non-hydrogen) atoms. The highest BCUT2D eigenvalue weighted by Crippen LogP contribution is 2.20. The molecule has 0 amide bonds. The van der Waals surface area contributed by atoms with Crippen molar-refractivity contribution in [3.05, 3.63) is 29.6 Å². The van der Waals surface area contributed by atoms with E-state index in [-0.39, 0.29) is 11.4 Å². The van der Waals surface area contributed by atoms with Gasteiger partial charge in [-0.1, -0.05) is 6.07 Å². The molecule has 4 nitrogen and oxygen atoms in total. The molecule has 1 aromatic rings. The largest absolute Gasteiger partial charge is 0.387 e. The lowest BCUT2D eigenvalue weighted by atomic mass is 10.1. The van der Waals surface area contributed by atoms with Gasteiger partial charge in [0.25, 0.3) is 0 Å². The quantitative estimate of drug-likeness (QED) is 0.812. The van der Waals surface area contributed by atoms with Crippen LogP contribution >= 0.6 is 0 Å². The molecule has 0 bridgehead atoms. The Morgan fingerprint density at radius 2 is 2.12 bits per heavy atom. The standard InChI is InChI=1S/C10H14FNO3S/c1-12-6-9(13)7-3-4-8(11)10(5-7)16(2,14)15/h3-5,9,12-13H,6H2,1-2H3. The van der Waals surface area contributed by atoms with E-state index in [1.54, 1.807) is 7.05 Å². The van der Waals surface area contributed by atoms with Crippen LogP contribution < -0.4 is 5.32 Å². The van der Waals surface area contributed by atoms with Crippen molar-refractivity contribution in [1.29, 1.82) is 0 Å². The van der Waals surface area contributed by atoms with Crippen molar-refractivity contribution in [3.63, 3.8) is 0 Å². The van der Waals surface area contributed by atoms with Crippen LogP contribution in [0.1, 0.15) is 11.7 Å². The number of rotatable bonds is 4. The molecule has 0 saturated carbocycles. The van der Waals surface area contributed by atoms with E-state index in [0.29, 0.717) is 5.56 Å². The van der Waals surface area contributed by atoms with Crippen LogP contribution in [0, 0.1) is 5.82 Å². The maximum atomic E-state index is 13.2. The second-order valence-corrected chi connectivity index (χ2v) is 5.52. The Bertz CT molecular complexity index is 473. The smallest absolute Gasteiger partial charge is 0.178 e. The molecule has 0 heterocycles. The van der Waals surface area contributed by atoms with Gasteiger partial charge in [0.2, 0.25) is 0 Å². The minimum Gasteiger partial charge on any atom is -0.387 e. The van der Waals surface area contributed by atoms with Crippen molar-refractivity contribution in [2.45, 2.75) is 11.0 Å². The predicted molar refractivity (Wildman–Crippen MR) is 58.4 cm³/mol. The van der Waals surface area contributed by atoms with Crippen molar-refractivity contribution < 1.29 is 17.9 Å². The molecular formula is C10H14FNO3S. The van der Waals surface area contributed by atoms with Gasteiger partial charge in [-0.3, -0.25) is 0 Å². The van der Waals surface area contributed by atoms with Gasteiger partial charge in [0, 0.05) is 12.8 Å². The first-order chi connectivity index (χ1) is 7.36. The summed E-state index contributed by atoms with van der Waals surface area (Å²) in [7, 11) is -1.95. The SMILES string of the molecule is CNCC(O)c1ccc(F)c(S(C)(=O)=O)c1. The first kappa shape index (κ1) is 13.1. The van der Waals surface area contributed by atoms with Gasteiger partial charge in [0.1, 0.15) is 10.7 Å². The lowest BCUT2D eigenvalue weighted by Crippen LogP contribution is -2.17.